The van der Waals surface area contributed by atoms with Crippen LogP contribution in [0.3, 0.4) is 0 Å². The summed E-state index contributed by atoms with van der Waals surface area (Å²) in [6, 6.07) is 19.2. The van der Waals surface area contributed by atoms with Crippen LogP contribution in [0, 0.1) is 6.92 Å². The van der Waals surface area contributed by atoms with Crippen molar-refractivity contribution in [1.82, 2.24) is 10.4 Å². The number of hydrogen-bond donors (Lipinski definition) is 3. The third kappa shape index (κ3) is 5.41. The molecule has 3 N–H and O–H groups in total. The maximum Gasteiger partial charge on any atom is 0.272 e. The Balaban J connectivity index is 1.71. The number of carbonyl (C=O) groups excluding carboxylic acids is 1. The van der Waals surface area contributed by atoms with Crippen LogP contribution < -0.4 is 10.2 Å². The summed E-state index contributed by atoms with van der Waals surface area (Å²) in [5.74, 6) is 0.292. The summed E-state index contributed by atoms with van der Waals surface area (Å²) in [6.45, 7) is 7.53. The molecule has 3 aromatic carbocycles. The van der Waals surface area contributed by atoms with E-state index in [9.17, 15) is 15.0 Å². The number of aromatic nitrogens is 1. The molecular formula is C28H27N3O4. The number of benzene rings is 3. The number of nitrogens with zero attached hydrogens (tertiary/aromatic N) is 2. The molecule has 0 radical (unpaired) electrons. The largest absolute Gasteiger partial charge is 0.508 e. The summed E-state index contributed by atoms with van der Waals surface area (Å²) >= 11 is 0. The van der Waals surface area contributed by atoms with Crippen LogP contribution in [-0.4, -0.2) is 32.9 Å². The molecule has 0 bridgehead atoms. The number of rotatable bonds is 6. The van der Waals surface area contributed by atoms with Crippen LogP contribution in [0.1, 0.15) is 42.3 Å². The number of nitrogens with one attached hydrogen (secondary N) is 1. The summed E-state index contributed by atoms with van der Waals surface area (Å²) in [7, 11) is 0. The molecule has 0 unspecified atom stereocenters. The second kappa shape index (κ2) is 9.85. The molecule has 0 atom stereocenters. The standard InChI is InChI=1S/C28H27N3O4/c1-16(2)35-21-9-6-19(7-10-21)26-15-24(23-13-17(3)5-11-25(23)29-26)28(34)31-30-18(4)22-14-20(32)8-12-27(22)33/h5-16,32-33H,1-4H3,(H,31,34)/b30-18-. The van der Waals surface area contributed by atoms with Crippen LogP contribution in [0.15, 0.2) is 71.8 Å². The van der Waals surface area contributed by atoms with E-state index in [2.05, 4.69) is 10.5 Å². The number of phenolic OH excluding ortho intramolecular Hbond substituents is 2. The Morgan fingerprint density at radius 2 is 1.71 bits per heavy atom. The van der Waals surface area contributed by atoms with Crippen molar-refractivity contribution in [2.24, 2.45) is 5.10 Å². The number of hydrogen-bond acceptors (Lipinski definition) is 6. The van der Waals surface area contributed by atoms with Gasteiger partial charge in [-0.05, 0) is 88.4 Å². The minimum absolute atomic E-state index is 0.0104. The van der Waals surface area contributed by atoms with Gasteiger partial charge in [-0.15, -0.1) is 0 Å². The van der Waals surface area contributed by atoms with Gasteiger partial charge in [-0.2, -0.15) is 5.10 Å². The van der Waals surface area contributed by atoms with Crippen LogP contribution >= 0.6 is 0 Å². The Labute approximate surface area is 203 Å². The van der Waals surface area contributed by atoms with Gasteiger partial charge in [-0.25, -0.2) is 10.4 Å². The summed E-state index contributed by atoms with van der Waals surface area (Å²) < 4.78 is 5.72. The number of ether oxygens (including phenoxy) is 1. The lowest BCUT2D eigenvalue weighted by Gasteiger charge is -2.12. The molecule has 0 spiro atoms. The first-order valence-electron chi connectivity index (χ1n) is 11.3. The van der Waals surface area contributed by atoms with Gasteiger partial charge in [0.2, 0.25) is 0 Å². The van der Waals surface area contributed by atoms with Crippen molar-refractivity contribution in [3.8, 4) is 28.5 Å². The number of hydrazone groups is 1. The van der Waals surface area contributed by atoms with Crippen LogP contribution in [0.25, 0.3) is 22.2 Å². The van der Waals surface area contributed by atoms with Gasteiger partial charge in [-0.3, -0.25) is 4.79 Å². The average Bonchev–Trinajstić information content (AvgIpc) is 2.83. The van der Waals surface area contributed by atoms with E-state index in [0.717, 1.165) is 16.9 Å². The molecule has 35 heavy (non-hydrogen) atoms. The van der Waals surface area contributed by atoms with Crippen molar-refractivity contribution < 1.29 is 19.7 Å². The Morgan fingerprint density at radius 1 is 0.971 bits per heavy atom. The van der Waals surface area contributed by atoms with E-state index in [-0.39, 0.29) is 17.6 Å². The van der Waals surface area contributed by atoms with Gasteiger partial charge < -0.3 is 14.9 Å². The molecule has 1 amide bonds. The molecule has 0 aliphatic rings. The Bertz CT molecular complexity index is 1430. The molecule has 1 heterocycles. The number of fused-ring (bicyclic) bond motifs is 1. The molecule has 7 heteroatoms. The first-order chi connectivity index (χ1) is 16.7. The van der Waals surface area contributed by atoms with E-state index in [0.29, 0.717) is 33.4 Å². The third-order valence-electron chi connectivity index (χ3n) is 5.43. The second-order valence-electron chi connectivity index (χ2n) is 8.61. The monoisotopic (exact) mass is 469 g/mol. The smallest absolute Gasteiger partial charge is 0.272 e. The third-order valence-corrected chi connectivity index (χ3v) is 5.43. The van der Waals surface area contributed by atoms with Gasteiger partial charge in [0.05, 0.1) is 28.6 Å². The average molecular weight is 470 g/mol. The SMILES string of the molecule is C/C(=N/NC(=O)c1cc(-c2ccc(OC(C)C)cc2)nc2ccc(C)cc12)c1cc(O)ccc1O. The highest BCUT2D eigenvalue weighted by molar-refractivity contribution is 6.08. The molecule has 4 aromatic rings. The van der Waals surface area contributed by atoms with Crippen molar-refractivity contribution in [3.05, 3.63) is 83.4 Å². The zero-order valence-electron chi connectivity index (χ0n) is 20.0. The van der Waals surface area contributed by atoms with Crippen molar-refractivity contribution in [2.45, 2.75) is 33.8 Å². The normalized spacial score (nSPS) is 11.6. The number of phenols is 2. The lowest BCUT2D eigenvalue weighted by molar-refractivity contribution is 0.0956. The van der Waals surface area contributed by atoms with E-state index in [1.54, 1.807) is 13.0 Å². The summed E-state index contributed by atoms with van der Waals surface area (Å²) in [5.41, 5.74) is 6.85. The molecule has 0 saturated heterocycles. The van der Waals surface area contributed by atoms with Crippen molar-refractivity contribution >= 4 is 22.5 Å². The molecule has 0 saturated carbocycles. The minimum Gasteiger partial charge on any atom is -0.508 e. The predicted octanol–water partition coefficient (Wildman–Crippen LogP) is 5.56. The van der Waals surface area contributed by atoms with E-state index in [1.165, 1.54) is 18.2 Å². The van der Waals surface area contributed by atoms with Crippen molar-refractivity contribution in [1.29, 1.82) is 0 Å². The number of amides is 1. The van der Waals surface area contributed by atoms with Gasteiger partial charge in [0, 0.05) is 16.5 Å². The number of aryl methyl sites for hydroxylation is 1. The lowest BCUT2D eigenvalue weighted by atomic mass is 10.0. The summed E-state index contributed by atoms with van der Waals surface area (Å²) in [6.07, 6.45) is 0.0731. The quantitative estimate of drug-likeness (QED) is 0.195. The van der Waals surface area contributed by atoms with E-state index in [4.69, 9.17) is 9.72 Å². The topological polar surface area (TPSA) is 104 Å². The molecule has 0 aliphatic carbocycles. The summed E-state index contributed by atoms with van der Waals surface area (Å²) in [5, 5.41) is 24.6. The molecule has 178 valence electrons. The Morgan fingerprint density at radius 3 is 2.43 bits per heavy atom. The fourth-order valence-corrected chi connectivity index (χ4v) is 3.72. The molecule has 4 rings (SSSR count). The van der Waals surface area contributed by atoms with Crippen LogP contribution in [0.2, 0.25) is 0 Å². The number of pyridine rings is 1. The molecule has 0 fully saturated rings. The highest BCUT2D eigenvalue weighted by Gasteiger charge is 2.15. The number of carbonyl (C=O) groups is 1. The number of aromatic hydroxyl groups is 2. The highest BCUT2D eigenvalue weighted by atomic mass is 16.5. The fourth-order valence-electron chi connectivity index (χ4n) is 3.72. The zero-order valence-corrected chi connectivity index (χ0v) is 20.0. The van der Waals surface area contributed by atoms with Gasteiger partial charge in [0.15, 0.2) is 0 Å². The Hall–Kier alpha value is -4.39. The molecule has 0 aliphatic heterocycles. The maximum atomic E-state index is 13.2. The fraction of sp³-hybridized carbons (Fsp3) is 0.179. The first-order valence-corrected chi connectivity index (χ1v) is 11.3. The van der Waals surface area contributed by atoms with E-state index >= 15 is 0 Å². The molecular weight excluding hydrogens is 442 g/mol. The van der Waals surface area contributed by atoms with Gasteiger partial charge in [-0.1, -0.05) is 11.6 Å². The van der Waals surface area contributed by atoms with Crippen LogP contribution in [0.4, 0.5) is 0 Å². The zero-order chi connectivity index (χ0) is 25.1. The van der Waals surface area contributed by atoms with Gasteiger partial charge >= 0.3 is 0 Å². The Kier molecular flexibility index (Phi) is 6.68. The van der Waals surface area contributed by atoms with Crippen LogP contribution in [-0.2, 0) is 0 Å². The minimum atomic E-state index is -0.414. The first kappa shape index (κ1) is 23.8. The van der Waals surface area contributed by atoms with Gasteiger partial charge in [0.25, 0.3) is 5.91 Å². The van der Waals surface area contributed by atoms with Crippen molar-refractivity contribution in [3.63, 3.8) is 0 Å². The summed E-state index contributed by atoms with van der Waals surface area (Å²) in [4.78, 5) is 18.0. The molecule has 7 nitrogen and oxygen atoms in total. The highest BCUT2D eigenvalue weighted by Crippen LogP contribution is 2.28. The van der Waals surface area contributed by atoms with Crippen molar-refractivity contribution in [2.75, 3.05) is 0 Å². The van der Waals surface area contributed by atoms with E-state index < -0.39 is 5.91 Å². The van der Waals surface area contributed by atoms with Crippen LogP contribution in [0.5, 0.6) is 17.2 Å². The molecule has 1 aromatic heterocycles. The second-order valence-corrected chi connectivity index (χ2v) is 8.61. The van der Waals surface area contributed by atoms with E-state index in [1.807, 2.05) is 63.2 Å². The predicted molar refractivity (Wildman–Crippen MR) is 137 cm³/mol. The van der Waals surface area contributed by atoms with Gasteiger partial charge in [0.1, 0.15) is 17.2 Å². The maximum absolute atomic E-state index is 13.2. The lowest BCUT2D eigenvalue weighted by Crippen LogP contribution is -2.20.